The molecule has 1 N–H and O–H groups in total. The topological polar surface area (TPSA) is 102 Å². The highest BCUT2D eigenvalue weighted by Crippen LogP contribution is 2.30. The number of carbonyl (C=O) groups excluding carboxylic acids is 2. The van der Waals surface area contributed by atoms with Gasteiger partial charge in [-0.05, 0) is 36.2 Å². The minimum atomic E-state index is -0.977. The second-order valence-electron chi connectivity index (χ2n) is 7.04. The van der Waals surface area contributed by atoms with E-state index in [0.29, 0.717) is 12.2 Å². The van der Waals surface area contributed by atoms with Gasteiger partial charge in [0.05, 0.1) is 29.7 Å². The van der Waals surface area contributed by atoms with Gasteiger partial charge in [0.2, 0.25) is 17.6 Å². The number of anilines is 1. The van der Waals surface area contributed by atoms with Crippen LogP contribution in [-0.2, 0) is 9.59 Å². The van der Waals surface area contributed by atoms with Crippen LogP contribution >= 0.6 is 0 Å². The second kappa shape index (κ2) is 8.89. The van der Waals surface area contributed by atoms with E-state index in [-0.39, 0.29) is 36.5 Å². The van der Waals surface area contributed by atoms with Gasteiger partial charge < -0.3 is 15.0 Å². The zero-order valence-electron chi connectivity index (χ0n) is 16.6. The number of hydrogen-bond acceptors (Lipinski definition) is 5. The van der Waals surface area contributed by atoms with Crippen molar-refractivity contribution in [3.8, 4) is 5.75 Å². The third kappa shape index (κ3) is 4.40. The molecule has 2 atom stereocenters. The van der Waals surface area contributed by atoms with Crippen LogP contribution in [0.1, 0.15) is 31.4 Å². The first kappa shape index (κ1) is 21.2. The number of nitrogens with one attached hydrogen (secondary N) is 1. The summed E-state index contributed by atoms with van der Waals surface area (Å²) in [6, 6.07) is 10.4. The minimum Gasteiger partial charge on any atom is -0.497 e. The highest BCUT2D eigenvalue weighted by Gasteiger charge is 2.36. The van der Waals surface area contributed by atoms with Crippen molar-refractivity contribution in [2.24, 2.45) is 5.92 Å². The van der Waals surface area contributed by atoms with E-state index >= 15 is 0 Å². The number of nitro groups is 1. The van der Waals surface area contributed by atoms with Crippen molar-refractivity contribution < 1.29 is 23.6 Å². The quantitative estimate of drug-likeness (QED) is 0.552. The summed E-state index contributed by atoms with van der Waals surface area (Å²) >= 11 is 0. The van der Waals surface area contributed by atoms with Gasteiger partial charge in [0, 0.05) is 19.0 Å². The van der Waals surface area contributed by atoms with Crippen LogP contribution in [-0.4, -0.2) is 30.4 Å². The summed E-state index contributed by atoms with van der Waals surface area (Å²) in [6.07, 6.45) is 0.642. The van der Waals surface area contributed by atoms with Crippen LogP contribution in [0.2, 0.25) is 0 Å². The molecule has 1 saturated heterocycles. The fourth-order valence-electron chi connectivity index (χ4n) is 3.49. The molecule has 9 heteroatoms. The number of nitro benzene ring substituents is 1. The fourth-order valence-corrected chi connectivity index (χ4v) is 3.49. The Morgan fingerprint density at radius 1 is 1.33 bits per heavy atom. The standard InChI is InChI=1S/C21H22FN3O5/c1-3-18(13-4-7-16(30-2)8-5-13)23-21(27)14-10-20(26)24(12-14)15-6-9-17(22)19(11-15)25(28)29/h4-9,11,14,18H,3,10,12H2,1-2H3,(H,23,27). The van der Waals surface area contributed by atoms with Crippen molar-refractivity contribution >= 4 is 23.2 Å². The summed E-state index contributed by atoms with van der Waals surface area (Å²) in [7, 11) is 1.58. The van der Waals surface area contributed by atoms with Crippen molar-refractivity contribution in [1.82, 2.24) is 5.32 Å². The second-order valence-corrected chi connectivity index (χ2v) is 7.04. The summed E-state index contributed by atoms with van der Waals surface area (Å²) in [5, 5.41) is 13.9. The van der Waals surface area contributed by atoms with E-state index in [1.54, 1.807) is 7.11 Å². The number of methoxy groups -OCH3 is 1. The van der Waals surface area contributed by atoms with Crippen molar-refractivity contribution in [2.75, 3.05) is 18.6 Å². The lowest BCUT2D eigenvalue weighted by atomic mass is 10.0. The van der Waals surface area contributed by atoms with E-state index in [1.165, 1.54) is 11.0 Å². The Morgan fingerprint density at radius 2 is 2.03 bits per heavy atom. The van der Waals surface area contributed by atoms with Gasteiger partial charge in [-0.3, -0.25) is 19.7 Å². The predicted octanol–water partition coefficient (Wildman–Crippen LogP) is 3.36. The van der Waals surface area contributed by atoms with E-state index in [2.05, 4.69) is 5.32 Å². The van der Waals surface area contributed by atoms with Gasteiger partial charge >= 0.3 is 5.69 Å². The van der Waals surface area contributed by atoms with E-state index < -0.39 is 22.3 Å². The number of halogens is 1. The largest absolute Gasteiger partial charge is 0.497 e. The van der Waals surface area contributed by atoms with Crippen molar-refractivity contribution in [3.05, 3.63) is 64.0 Å². The molecule has 1 fully saturated rings. The molecular formula is C21H22FN3O5. The summed E-state index contributed by atoms with van der Waals surface area (Å²) in [6.45, 7) is 2.02. The molecule has 0 aliphatic carbocycles. The molecule has 30 heavy (non-hydrogen) atoms. The Kier molecular flexibility index (Phi) is 6.29. The maximum atomic E-state index is 13.6. The molecule has 2 aromatic rings. The summed E-state index contributed by atoms with van der Waals surface area (Å²) < 4.78 is 18.7. The van der Waals surface area contributed by atoms with Gasteiger partial charge in [0.1, 0.15) is 5.75 Å². The average Bonchev–Trinajstić information content (AvgIpc) is 3.14. The van der Waals surface area contributed by atoms with Gasteiger partial charge in [-0.2, -0.15) is 4.39 Å². The maximum Gasteiger partial charge on any atom is 0.306 e. The molecule has 0 spiro atoms. The zero-order chi connectivity index (χ0) is 21.8. The first-order chi connectivity index (χ1) is 14.3. The lowest BCUT2D eigenvalue weighted by Gasteiger charge is -2.21. The molecule has 0 bridgehead atoms. The molecular weight excluding hydrogens is 393 g/mol. The molecule has 0 aromatic heterocycles. The highest BCUT2D eigenvalue weighted by molar-refractivity contribution is 6.00. The molecule has 2 amide bonds. The average molecular weight is 415 g/mol. The van der Waals surface area contributed by atoms with Crippen molar-refractivity contribution in [1.29, 1.82) is 0 Å². The first-order valence-electron chi connectivity index (χ1n) is 9.52. The van der Waals surface area contributed by atoms with Gasteiger partial charge in [-0.15, -0.1) is 0 Å². The molecule has 1 aliphatic heterocycles. The van der Waals surface area contributed by atoms with Crippen LogP contribution in [0, 0.1) is 21.8 Å². The smallest absolute Gasteiger partial charge is 0.306 e. The zero-order valence-corrected chi connectivity index (χ0v) is 16.6. The highest BCUT2D eigenvalue weighted by atomic mass is 19.1. The van der Waals surface area contributed by atoms with Gasteiger partial charge in [0.15, 0.2) is 0 Å². The Morgan fingerprint density at radius 3 is 2.63 bits per heavy atom. The molecule has 0 saturated carbocycles. The van der Waals surface area contributed by atoms with E-state index in [4.69, 9.17) is 4.74 Å². The van der Waals surface area contributed by atoms with Crippen LogP contribution in [0.4, 0.5) is 15.8 Å². The van der Waals surface area contributed by atoms with E-state index in [1.807, 2.05) is 31.2 Å². The molecule has 8 nitrogen and oxygen atoms in total. The predicted molar refractivity (Wildman–Crippen MR) is 108 cm³/mol. The minimum absolute atomic E-state index is 0.0178. The normalized spacial score (nSPS) is 17.0. The lowest BCUT2D eigenvalue weighted by Crippen LogP contribution is -2.35. The van der Waals surface area contributed by atoms with Crippen LogP contribution in [0.25, 0.3) is 0 Å². The summed E-state index contributed by atoms with van der Waals surface area (Å²) in [5.41, 5.74) is 0.409. The molecule has 1 aliphatic rings. The van der Waals surface area contributed by atoms with E-state index in [9.17, 15) is 24.1 Å². The molecule has 3 rings (SSSR count). The number of carbonyl (C=O) groups is 2. The summed E-state index contributed by atoms with van der Waals surface area (Å²) in [4.78, 5) is 36.6. The third-order valence-corrected chi connectivity index (χ3v) is 5.18. The van der Waals surface area contributed by atoms with Gasteiger partial charge in [0.25, 0.3) is 0 Å². The summed E-state index contributed by atoms with van der Waals surface area (Å²) in [5.74, 6) is -1.48. The molecule has 2 aromatic carbocycles. The Bertz CT molecular complexity index is 964. The number of nitrogens with zero attached hydrogens (tertiary/aromatic N) is 2. The number of rotatable bonds is 7. The first-order valence-corrected chi connectivity index (χ1v) is 9.52. The van der Waals surface area contributed by atoms with Crippen LogP contribution in [0.3, 0.4) is 0 Å². The fraction of sp³-hybridized carbons (Fsp3) is 0.333. The van der Waals surface area contributed by atoms with Crippen molar-refractivity contribution in [2.45, 2.75) is 25.8 Å². The number of ether oxygens (including phenoxy) is 1. The number of amides is 2. The third-order valence-electron chi connectivity index (χ3n) is 5.18. The SMILES string of the molecule is CCC(NC(=O)C1CC(=O)N(c2ccc(F)c([N+](=O)[O-])c2)C1)c1ccc(OC)cc1. The Hall–Kier alpha value is -3.49. The molecule has 0 radical (unpaired) electrons. The Labute approximate surface area is 172 Å². The maximum absolute atomic E-state index is 13.6. The van der Waals surface area contributed by atoms with Crippen LogP contribution < -0.4 is 15.0 Å². The monoisotopic (exact) mass is 415 g/mol. The van der Waals surface area contributed by atoms with Gasteiger partial charge in [-0.25, -0.2) is 0 Å². The molecule has 1 heterocycles. The Balaban J connectivity index is 1.71. The van der Waals surface area contributed by atoms with Crippen molar-refractivity contribution in [3.63, 3.8) is 0 Å². The van der Waals surface area contributed by atoms with Crippen LogP contribution in [0.5, 0.6) is 5.75 Å². The van der Waals surface area contributed by atoms with E-state index in [0.717, 1.165) is 17.7 Å². The molecule has 158 valence electrons. The van der Waals surface area contributed by atoms with Gasteiger partial charge in [-0.1, -0.05) is 19.1 Å². The van der Waals surface area contributed by atoms with Crippen LogP contribution in [0.15, 0.2) is 42.5 Å². The lowest BCUT2D eigenvalue weighted by molar-refractivity contribution is -0.387. The number of hydrogen-bond donors (Lipinski definition) is 1. The number of benzene rings is 2. The molecule has 2 unspecified atom stereocenters.